The number of hydrogen-bond acceptors (Lipinski definition) is 3. The van der Waals surface area contributed by atoms with Gasteiger partial charge in [0.25, 0.3) is 0 Å². The number of nitrogens with two attached hydrogens (primary N) is 1. The second-order valence-corrected chi connectivity index (χ2v) is 5.74. The highest BCUT2D eigenvalue weighted by atomic mass is 16.1. The van der Waals surface area contributed by atoms with Gasteiger partial charge in [0.15, 0.2) is 0 Å². The molecular weight excluding hydrogens is 250 g/mol. The van der Waals surface area contributed by atoms with Crippen LogP contribution in [0.4, 0.5) is 5.69 Å². The lowest BCUT2D eigenvalue weighted by Crippen LogP contribution is -2.38. The first-order chi connectivity index (χ1) is 9.58. The van der Waals surface area contributed by atoms with E-state index < -0.39 is 0 Å². The summed E-state index contributed by atoms with van der Waals surface area (Å²) in [4.78, 5) is 14.0. The molecule has 1 aliphatic heterocycles. The van der Waals surface area contributed by atoms with Gasteiger partial charge in [-0.05, 0) is 38.3 Å². The lowest BCUT2D eigenvalue weighted by molar-refractivity contribution is -0.121. The van der Waals surface area contributed by atoms with Crippen molar-refractivity contribution in [2.24, 2.45) is 5.73 Å². The molecule has 0 bridgehead atoms. The number of hydrogen-bond donors (Lipinski definition) is 2. The van der Waals surface area contributed by atoms with Gasteiger partial charge in [-0.1, -0.05) is 18.2 Å². The first-order valence-electron chi connectivity index (χ1n) is 7.44. The van der Waals surface area contributed by atoms with Gasteiger partial charge in [0.05, 0.1) is 0 Å². The molecule has 1 heterocycles. The number of anilines is 1. The van der Waals surface area contributed by atoms with Crippen molar-refractivity contribution < 1.29 is 4.79 Å². The maximum atomic E-state index is 11.7. The fourth-order valence-electron chi connectivity index (χ4n) is 2.73. The van der Waals surface area contributed by atoms with Gasteiger partial charge in [0.1, 0.15) is 0 Å². The summed E-state index contributed by atoms with van der Waals surface area (Å²) in [5.74, 6) is 0.0995. The van der Waals surface area contributed by atoms with Crippen LogP contribution in [-0.4, -0.2) is 31.1 Å². The standard InChI is InChI=1S/C16H25N3O/c1-12(17)7-8-16(20)18-9-10-19-13(2)11-14-5-3-4-6-15(14)19/h3-6,12-13H,7-11,17H2,1-2H3,(H,18,20). The van der Waals surface area contributed by atoms with E-state index in [1.807, 2.05) is 6.92 Å². The zero-order valence-electron chi connectivity index (χ0n) is 12.4. The van der Waals surface area contributed by atoms with Crippen molar-refractivity contribution in [1.82, 2.24) is 5.32 Å². The van der Waals surface area contributed by atoms with Gasteiger partial charge < -0.3 is 16.0 Å². The van der Waals surface area contributed by atoms with Crippen LogP contribution < -0.4 is 16.0 Å². The van der Waals surface area contributed by atoms with E-state index in [0.29, 0.717) is 19.0 Å². The Morgan fingerprint density at radius 1 is 1.50 bits per heavy atom. The molecule has 0 saturated heterocycles. The van der Waals surface area contributed by atoms with Crippen LogP contribution in [0.3, 0.4) is 0 Å². The van der Waals surface area contributed by atoms with Gasteiger partial charge in [-0.2, -0.15) is 0 Å². The molecule has 0 aliphatic carbocycles. The van der Waals surface area contributed by atoms with Crippen molar-refractivity contribution in [3.63, 3.8) is 0 Å². The van der Waals surface area contributed by atoms with Crippen LogP contribution in [0.2, 0.25) is 0 Å². The van der Waals surface area contributed by atoms with E-state index in [2.05, 4.69) is 41.4 Å². The molecule has 0 radical (unpaired) electrons. The zero-order chi connectivity index (χ0) is 14.5. The lowest BCUT2D eigenvalue weighted by atomic mass is 10.1. The van der Waals surface area contributed by atoms with Crippen molar-refractivity contribution in [2.75, 3.05) is 18.0 Å². The molecule has 0 aromatic heterocycles. The Morgan fingerprint density at radius 2 is 2.25 bits per heavy atom. The highest BCUT2D eigenvalue weighted by Gasteiger charge is 2.24. The quantitative estimate of drug-likeness (QED) is 0.830. The molecule has 1 aliphatic rings. The fourth-order valence-corrected chi connectivity index (χ4v) is 2.73. The average molecular weight is 275 g/mol. The maximum absolute atomic E-state index is 11.7. The smallest absolute Gasteiger partial charge is 0.220 e. The Hall–Kier alpha value is -1.55. The molecular formula is C16H25N3O. The van der Waals surface area contributed by atoms with Crippen molar-refractivity contribution >= 4 is 11.6 Å². The summed E-state index contributed by atoms with van der Waals surface area (Å²) in [6.07, 6.45) is 2.35. The van der Waals surface area contributed by atoms with Crippen molar-refractivity contribution in [2.45, 2.75) is 45.2 Å². The van der Waals surface area contributed by atoms with E-state index in [-0.39, 0.29) is 11.9 Å². The van der Waals surface area contributed by atoms with Crippen LogP contribution in [0.5, 0.6) is 0 Å². The van der Waals surface area contributed by atoms with E-state index in [0.717, 1.165) is 19.4 Å². The van der Waals surface area contributed by atoms with Crippen LogP contribution in [0.15, 0.2) is 24.3 Å². The van der Waals surface area contributed by atoms with E-state index >= 15 is 0 Å². The first-order valence-corrected chi connectivity index (χ1v) is 7.44. The number of carbonyl (C=O) groups excluding carboxylic acids is 1. The summed E-state index contributed by atoms with van der Waals surface area (Å²) in [6.45, 7) is 5.71. The highest BCUT2D eigenvalue weighted by molar-refractivity contribution is 5.76. The topological polar surface area (TPSA) is 58.4 Å². The van der Waals surface area contributed by atoms with Gasteiger partial charge in [0.2, 0.25) is 5.91 Å². The second-order valence-electron chi connectivity index (χ2n) is 5.74. The first kappa shape index (κ1) is 14.9. The number of nitrogens with zero attached hydrogens (tertiary/aromatic N) is 1. The fraction of sp³-hybridized carbons (Fsp3) is 0.562. The van der Waals surface area contributed by atoms with Gasteiger partial charge in [-0.15, -0.1) is 0 Å². The van der Waals surface area contributed by atoms with E-state index in [9.17, 15) is 4.79 Å². The minimum atomic E-state index is 0.0891. The Bertz CT molecular complexity index is 459. The number of rotatable bonds is 6. The molecule has 4 nitrogen and oxygen atoms in total. The summed E-state index contributed by atoms with van der Waals surface area (Å²) in [6, 6.07) is 9.11. The van der Waals surface area contributed by atoms with Gasteiger partial charge >= 0.3 is 0 Å². The third kappa shape index (κ3) is 3.73. The van der Waals surface area contributed by atoms with Crippen LogP contribution >= 0.6 is 0 Å². The van der Waals surface area contributed by atoms with Crippen LogP contribution in [0.25, 0.3) is 0 Å². The zero-order valence-corrected chi connectivity index (χ0v) is 12.4. The Balaban J connectivity index is 1.78. The maximum Gasteiger partial charge on any atom is 0.220 e. The molecule has 1 amide bonds. The average Bonchev–Trinajstić information content (AvgIpc) is 2.73. The van der Waals surface area contributed by atoms with Crippen LogP contribution in [0, 0.1) is 0 Å². The minimum absolute atomic E-state index is 0.0891. The number of benzene rings is 1. The number of para-hydroxylation sites is 1. The molecule has 2 unspecified atom stereocenters. The molecule has 0 spiro atoms. The normalized spacial score (nSPS) is 18.8. The van der Waals surface area contributed by atoms with Crippen LogP contribution in [-0.2, 0) is 11.2 Å². The summed E-state index contributed by atoms with van der Waals surface area (Å²) in [5, 5.41) is 2.98. The predicted molar refractivity (Wildman–Crippen MR) is 82.8 cm³/mol. The predicted octanol–water partition coefficient (Wildman–Crippen LogP) is 1.68. The van der Waals surface area contributed by atoms with Gasteiger partial charge in [0, 0.05) is 37.3 Å². The summed E-state index contributed by atoms with van der Waals surface area (Å²) < 4.78 is 0. The third-order valence-electron chi connectivity index (χ3n) is 3.85. The molecule has 20 heavy (non-hydrogen) atoms. The summed E-state index contributed by atoms with van der Waals surface area (Å²) >= 11 is 0. The van der Waals surface area contributed by atoms with Crippen molar-refractivity contribution in [1.29, 1.82) is 0 Å². The highest BCUT2D eigenvalue weighted by Crippen LogP contribution is 2.31. The molecule has 0 fully saturated rings. The van der Waals surface area contributed by atoms with Gasteiger partial charge in [-0.3, -0.25) is 4.79 Å². The van der Waals surface area contributed by atoms with E-state index in [1.165, 1.54) is 11.3 Å². The third-order valence-corrected chi connectivity index (χ3v) is 3.85. The van der Waals surface area contributed by atoms with Crippen molar-refractivity contribution in [3.05, 3.63) is 29.8 Å². The van der Waals surface area contributed by atoms with Gasteiger partial charge in [-0.25, -0.2) is 0 Å². The second kappa shape index (κ2) is 6.75. The molecule has 0 saturated carbocycles. The monoisotopic (exact) mass is 275 g/mol. The molecule has 2 rings (SSSR count). The summed E-state index contributed by atoms with van der Waals surface area (Å²) in [7, 11) is 0. The lowest BCUT2D eigenvalue weighted by Gasteiger charge is -2.25. The van der Waals surface area contributed by atoms with E-state index in [4.69, 9.17) is 5.73 Å². The minimum Gasteiger partial charge on any atom is -0.367 e. The summed E-state index contributed by atoms with van der Waals surface area (Å²) in [5.41, 5.74) is 8.37. The Kier molecular flexibility index (Phi) is 5.01. The number of carbonyl (C=O) groups is 1. The molecule has 110 valence electrons. The van der Waals surface area contributed by atoms with Crippen LogP contribution in [0.1, 0.15) is 32.3 Å². The number of fused-ring (bicyclic) bond motifs is 1. The van der Waals surface area contributed by atoms with E-state index in [1.54, 1.807) is 0 Å². The SMILES string of the molecule is CC(N)CCC(=O)NCCN1c2ccccc2CC1C. The number of nitrogens with one attached hydrogen (secondary N) is 1. The molecule has 2 atom stereocenters. The molecule has 4 heteroatoms. The largest absolute Gasteiger partial charge is 0.367 e. The van der Waals surface area contributed by atoms with Crippen molar-refractivity contribution in [3.8, 4) is 0 Å². The molecule has 1 aromatic carbocycles. The molecule has 1 aromatic rings. The molecule has 3 N–H and O–H groups in total. The number of amides is 1. The Morgan fingerprint density at radius 3 is 3.00 bits per heavy atom. The Labute approximate surface area is 121 Å².